The normalized spacial score (nSPS) is 30.2. The van der Waals surface area contributed by atoms with Gasteiger partial charge in [-0.1, -0.05) is 314 Å². The van der Waals surface area contributed by atoms with Gasteiger partial charge in [0.1, 0.15) is 67.1 Å². The molecular weight excluding hydrogens is 1710 g/mol. The summed E-state index contributed by atoms with van der Waals surface area (Å²) >= 11 is 0. The van der Waals surface area contributed by atoms with E-state index in [2.05, 4.69) is 0 Å². The van der Waals surface area contributed by atoms with Crippen LogP contribution in [-0.2, 0) is 91.7 Å². The molecule has 5 saturated heterocycles. The van der Waals surface area contributed by atoms with Crippen molar-refractivity contribution in [1.29, 1.82) is 0 Å². The number of benzene rings is 6. The fourth-order valence-corrected chi connectivity index (χ4v) is 16.2. The van der Waals surface area contributed by atoms with Crippen molar-refractivity contribution >= 4 is 0 Å². The second-order valence-corrected chi connectivity index (χ2v) is 38.4. The number of rotatable bonds is 30. The van der Waals surface area contributed by atoms with Crippen molar-refractivity contribution in [3.8, 4) is 0 Å². The molecule has 29 heteroatoms. The number of aliphatic hydroxyl groups is 8. The van der Waals surface area contributed by atoms with Crippen molar-refractivity contribution in [3.63, 3.8) is 0 Å². The average molecular weight is 1850 g/mol. The predicted molar refractivity (Wildman–Crippen MR) is 475 cm³/mol. The van der Waals surface area contributed by atoms with Gasteiger partial charge in [-0.05, 0) is 52.6 Å². The summed E-state index contributed by atoms with van der Waals surface area (Å²) in [5, 5.41) is 74.7. The van der Waals surface area contributed by atoms with Crippen LogP contribution in [0.25, 0.3) is 0 Å². The van der Waals surface area contributed by atoms with E-state index in [1.165, 1.54) is 48.5 Å². The molecule has 0 saturated carbocycles. The van der Waals surface area contributed by atoms with Gasteiger partial charge in [-0.3, -0.25) is 0 Å². The lowest BCUT2D eigenvalue weighted by Gasteiger charge is -2.50. The van der Waals surface area contributed by atoms with Crippen LogP contribution in [0.2, 0.25) is 0 Å². The molecule has 0 radical (unpaired) electrons. The Kier molecular flexibility index (Phi) is 41.8. The van der Waals surface area contributed by atoms with Crippen molar-refractivity contribution in [2.45, 2.75) is 354 Å². The van der Waals surface area contributed by atoms with Gasteiger partial charge in [-0.15, -0.1) is 0 Å². The highest BCUT2D eigenvalue weighted by Gasteiger charge is 2.64. The van der Waals surface area contributed by atoms with E-state index < -0.39 is 187 Å². The molecule has 6 aromatic rings. The lowest BCUT2D eigenvalue weighted by Crippen LogP contribution is -2.65. The van der Waals surface area contributed by atoms with Gasteiger partial charge in [0.15, 0.2) is 30.5 Å². The summed E-state index contributed by atoms with van der Waals surface area (Å²) < 4.78 is 214. The Hall–Kier alpha value is -6.14. The van der Waals surface area contributed by atoms with E-state index in [1.807, 2.05) is 224 Å². The molecule has 0 amide bonds. The molecule has 0 aliphatic carbocycles. The third-order valence-corrected chi connectivity index (χ3v) is 25.2. The highest BCUT2D eigenvalue weighted by atomic mass is 19.3. The SMILES string of the molecule is CC(C)(C)C(F)(F)[C@@H]1O[C@H](CO)[C@H](O)[C@H](O)[C@H]1O.CC(C)C(F)(F)[C@@H]1O[C@H](CO)[C@H](O)[C@H](O)[C@H]1O.CC[C@H]1O[C@@H](C(F)(F)C(C)(C)C)[C@H](OCc2ccccc2)[C@@H](OCc2ccccc2)[C@H]1C.CC[C@H]1O[C@@H](C(F)(F)C(C)(C)C)[C@H](OCc2ccccc2)[C@@H](OCc2ccccc2)[C@H]1C.CC[C@H]1O[C@@H](C(F)(F)C(C)C)[C@H](OCc2ccccc2)[C@@H](OCc2ccccc2)[C@H]1C. The molecule has 11 rings (SSSR count). The van der Waals surface area contributed by atoms with Crippen molar-refractivity contribution in [2.24, 2.45) is 45.8 Å². The molecule has 0 spiro atoms. The Morgan fingerprint density at radius 2 is 0.462 bits per heavy atom. The van der Waals surface area contributed by atoms with Crippen LogP contribution in [-0.4, -0.2) is 218 Å². The van der Waals surface area contributed by atoms with Crippen LogP contribution in [0.15, 0.2) is 182 Å². The van der Waals surface area contributed by atoms with Crippen molar-refractivity contribution in [1.82, 2.24) is 0 Å². The summed E-state index contributed by atoms with van der Waals surface area (Å²) in [5.41, 5.74) is 1.73. The molecule has 5 fully saturated rings. The van der Waals surface area contributed by atoms with Gasteiger partial charge in [0, 0.05) is 45.8 Å². The monoisotopic (exact) mass is 1850 g/mol. The lowest BCUT2D eigenvalue weighted by molar-refractivity contribution is -0.303. The first-order valence-electron chi connectivity index (χ1n) is 45.3. The van der Waals surface area contributed by atoms with Crippen molar-refractivity contribution in [3.05, 3.63) is 215 Å². The molecular formula is C101H144F10O19. The number of hydrogen-bond acceptors (Lipinski definition) is 19. The molecule has 0 aromatic heterocycles. The summed E-state index contributed by atoms with van der Waals surface area (Å²) in [4.78, 5) is 0. The molecule has 5 heterocycles. The molecule has 0 bridgehead atoms. The first kappa shape index (κ1) is 111. The molecule has 5 aliphatic rings. The minimum Gasteiger partial charge on any atom is -0.394 e. The maximum absolute atomic E-state index is 15.7. The molecule has 8 N–H and O–H groups in total. The predicted octanol–water partition coefficient (Wildman–Crippen LogP) is 18.2. The van der Waals surface area contributed by atoms with Gasteiger partial charge < -0.3 is 93.0 Å². The fourth-order valence-electron chi connectivity index (χ4n) is 16.2. The number of ether oxygens (including phenoxy) is 11. The van der Waals surface area contributed by atoms with Crippen LogP contribution in [0.3, 0.4) is 0 Å². The smallest absolute Gasteiger partial charge is 0.281 e. The van der Waals surface area contributed by atoms with E-state index in [0.29, 0.717) is 39.1 Å². The number of aliphatic hydroxyl groups excluding tert-OH is 8. The highest BCUT2D eigenvalue weighted by Crippen LogP contribution is 2.51. The maximum atomic E-state index is 15.7. The molecule has 5 aliphatic heterocycles. The summed E-state index contributed by atoms with van der Waals surface area (Å²) in [6.45, 7) is 30.8. The first-order chi connectivity index (χ1) is 60.9. The fraction of sp³-hybridized carbons (Fsp3) is 0.644. The zero-order valence-electron chi connectivity index (χ0n) is 78.5. The molecule has 6 aromatic carbocycles. The second kappa shape index (κ2) is 49.1. The topological polar surface area (TPSA) is 263 Å². The van der Waals surface area contributed by atoms with Gasteiger partial charge in [-0.2, -0.15) is 0 Å². The number of alkyl halides is 10. The first-order valence-corrected chi connectivity index (χ1v) is 45.3. The average Bonchev–Trinajstić information content (AvgIpc) is 0.766. The van der Waals surface area contributed by atoms with E-state index in [0.717, 1.165) is 33.4 Å². The van der Waals surface area contributed by atoms with Crippen LogP contribution in [0, 0.1) is 45.8 Å². The van der Waals surface area contributed by atoms with E-state index >= 15 is 26.3 Å². The van der Waals surface area contributed by atoms with Crippen LogP contribution in [0.4, 0.5) is 43.9 Å². The third-order valence-electron chi connectivity index (χ3n) is 25.2. The molecule has 19 nitrogen and oxygen atoms in total. The minimum absolute atomic E-state index is 0.0753. The highest BCUT2D eigenvalue weighted by molar-refractivity contribution is 5.20. The quantitative estimate of drug-likeness (QED) is 0.0195. The minimum atomic E-state index is -3.43. The molecule has 130 heavy (non-hydrogen) atoms. The Morgan fingerprint density at radius 1 is 0.269 bits per heavy atom. The van der Waals surface area contributed by atoms with Gasteiger partial charge in [-0.25, -0.2) is 43.9 Å². The number of halogens is 10. The Morgan fingerprint density at radius 3 is 0.685 bits per heavy atom. The molecule has 25 atom stereocenters. The summed E-state index contributed by atoms with van der Waals surface area (Å²) in [6.07, 6.45) is -24.6. The third kappa shape index (κ3) is 28.3. The van der Waals surface area contributed by atoms with E-state index in [9.17, 15) is 48.2 Å². The van der Waals surface area contributed by atoms with Gasteiger partial charge in [0.2, 0.25) is 0 Å². The Labute approximate surface area is 762 Å². The summed E-state index contributed by atoms with van der Waals surface area (Å²) in [5.74, 6) is -18.3. The van der Waals surface area contributed by atoms with Crippen molar-refractivity contribution < 1.29 is 137 Å². The zero-order chi connectivity index (χ0) is 96.8. The van der Waals surface area contributed by atoms with Crippen LogP contribution >= 0.6 is 0 Å². The van der Waals surface area contributed by atoms with E-state index in [-0.39, 0.29) is 55.9 Å². The van der Waals surface area contributed by atoms with Gasteiger partial charge >= 0.3 is 0 Å². The van der Waals surface area contributed by atoms with Crippen LogP contribution in [0.1, 0.15) is 184 Å². The molecule has 0 unspecified atom stereocenters. The molecule has 732 valence electrons. The van der Waals surface area contributed by atoms with Crippen LogP contribution in [0.5, 0.6) is 0 Å². The van der Waals surface area contributed by atoms with E-state index in [1.54, 1.807) is 41.5 Å². The zero-order valence-corrected chi connectivity index (χ0v) is 78.5. The second-order valence-electron chi connectivity index (χ2n) is 38.4. The largest absolute Gasteiger partial charge is 0.394 e. The standard InChI is InChI=1S/2C27H36F2O3.C26H34F2O3.C11H20F2O5.C10H18F2O5/c2*1-6-22-19(2)23(30-17-20-13-9-7-10-14-20)24(31-18-21-15-11-8-12-16-21)25(32-22)27(28,29)26(3,4)5;1-5-22-19(4)23(29-16-20-12-8-6-9-13-20)24(25(31-22)26(27,28)18(2)3)30-17-21-14-10-7-11-15-21;1-10(2,3)11(12,13)9-8(17)7(16)6(15)5(4-14)18-9;1-4(2)10(11,12)9-8(16)7(15)6(14)5(3-13)17-9/h2*7-16,19,22-25H,6,17-18H2,1-5H3;6-15,18-19,22-25H,5,16-17H2,1-4H3;5-9,14-17H,4H2,1-3H3;4-9,13-16H,3H2,1-2H3/t3*19-,22+,23-,24+,25+;2*5-,6+,7+,8-,9-/m00011/s1. The lowest BCUT2D eigenvalue weighted by atomic mass is 9.77. The van der Waals surface area contributed by atoms with E-state index in [4.69, 9.17) is 62.3 Å². The van der Waals surface area contributed by atoms with Gasteiger partial charge in [0.25, 0.3) is 29.6 Å². The number of hydrogen-bond donors (Lipinski definition) is 8. The Balaban J connectivity index is 0.000000228. The maximum Gasteiger partial charge on any atom is 0.281 e. The Bertz CT molecular complexity index is 4000. The summed E-state index contributed by atoms with van der Waals surface area (Å²) in [6, 6.07) is 58.2. The van der Waals surface area contributed by atoms with Crippen LogP contribution < -0.4 is 0 Å². The van der Waals surface area contributed by atoms with Gasteiger partial charge in [0.05, 0.1) is 89.5 Å². The summed E-state index contributed by atoms with van der Waals surface area (Å²) in [7, 11) is 0. The van der Waals surface area contributed by atoms with Crippen molar-refractivity contribution in [2.75, 3.05) is 13.2 Å².